The molecule has 102 valence electrons. The van der Waals surface area contributed by atoms with Crippen LogP contribution < -0.4 is 5.32 Å². The fourth-order valence-electron chi connectivity index (χ4n) is 1.23. The number of esters is 1. The number of nitrogens with one attached hydrogen (secondary N) is 1. The molecule has 6 nitrogen and oxygen atoms in total. The third kappa shape index (κ3) is 4.59. The number of methoxy groups -OCH3 is 2. The summed E-state index contributed by atoms with van der Waals surface area (Å²) in [5.41, 5.74) is 0.676. The number of hydrogen-bond acceptors (Lipinski definition) is 7. The fraction of sp³-hybridized carbons (Fsp3) is 0.636. The van der Waals surface area contributed by atoms with E-state index in [0.717, 1.165) is 0 Å². The predicted molar refractivity (Wildman–Crippen MR) is 69.4 cm³/mol. The summed E-state index contributed by atoms with van der Waals surface area (Å²) in [7, 11) is 2.99. The standard InChI is InChI=1S/C11H18N2O4S/c1-8-9(10(14)16-3)18-11(13-8)12-4-5-17-7-6-15-2/h4-7H2,1-3H3,(H,12,13). The van der Waals surface area contributed by atoms with E-state index < -0.39 is 0 Å². The lowest BCUT2D eigenvalue weighted by Crippen LogP contribution is -2.11. The van der Waals surface area contributed by atoms with Crippen molar-refractivity contribution >= 4 is 22.4 Å². The van der Waals surface area contributed by atoms with Gasteiger partial charge in [0.05, 0.1) is 32.6 Å². The van der Waals surface area contributed by atoms with Crippen LogP contribution in [0, 0.1) is 6.92 Å². The third-order valence-corrected chi connectivity index (χ3v) is 3.22. The predicted octanol–water partition coefficient (Wildman–Crippen LogP) is 1.31. The van der Waals surface area contributed by atoms with E-state index in [0.29, 0.717) is 42.1 Å². The zero-order valence-corrected chi connectivity index (χ0v) is 11.6. The van der Waals surface area contributed by atoms with Crippen LogP contribution in [-0.2, 0) is 14.2 Å². The first-order valence-electron chi connectivity index (χ1n) is 5.55. The van der Waals surface area contributed by atoms with Crippen molar-refractivity contribution in [3.05, 3.63) is 10.6 Å². The highest BCUT2D eigenvalue weighted by molar-refractivity contribution is 7.17. The SMILES string of the molecule is COCCOCCNc1nc(C)c(C(=O)OC)s1. The molecule has 0 spiro atoms. The van der Waals surface area contributed by atoms with Gasteiger partial charge in [0.1, 0.15) is 4.88 Å². The van der Waals surface area contributed by atoms with Crippen molar-refractivity contribution < 1.29 is 19.0 Å². The van der Waals surface area contributed by atoms with E-state index in [1.807, 2.05) is 0 Å². The summed E-state index contributed by atoms with van der Waals surface area (Å²) >= 11 is 1.28. The van der Waals surface area contributed by atoms with Gasteiger partial charge >= 0.3 is 5.97 Å². The molecule has 7 heteroatoms. The summed E-state index contributed by atoms with van der Waals surface area (Å²) in [5.74, 6) is -0.352. The number of carbonyl (C=O) groups excluding carboxylic acids is 1. The zero-order valence-electron chi connectivity index (χ0n) is 10.8. The second kappa shape index (κ2) is 8.02. The first-order valence-corrected chi connectivity index (χ1v) is 6.37. The largest absolute Gasteiger partial charge is 0.465 e. The summed E-state index contributed by atoms with van der Waals surface area (Å²) in [6, 6.07) is 0. The Bertz CT molecular complexity index is 381. The van der Waals surface area contributed by atoms with Gasteiger partial charge in [-0.3, -0.25) is 0 Å². The lowest BCUT2D eigenvalue weighted by atomic mass is 10.4. The van der Waals surface area contributed by atoms with Gasteiger partial charge < -0.3 is 19.5 Å². The van der Waals surface area contributed by atoms with Gasteiger partial charge in [0.2, 0.25) is 0 Å². The van der Waals surface area contributed by atoms with Gasteiger partial charge in [-0.2, -0.15) is 0 Å². The Morgan fingerprint density at radius 2 is 2.11 bits per heavy atom. The second-order valence-electron chi connectivity index (χ2n) is 3.46. The number of rotatable bonds is 8. The molecule has 0 radical (unpaired) electrons. The summed E-state index contributed by atoms with van der Waals surface area (Å²) in [5, 5.41) is 3.79. The smallest absolute Gasteiger partial charge is 0.350 e. The molecule has 0 saturated heterocycles. The summed E-state index contributed by atoms with van der Waals surface area (Å²) in [6.07, 6.45) is 0. The van der Waals surface area contributed by atoms with E-state index >= 15 is 0 Å². The van der Waals surface area contributed by atoms with Crippen molar-refractivity contribution in [2.45, 2.75) is 6.92 Å². The average molecular weight is 274 g/mol. The van der Waals surface area contributed by atoms with Crippen LogP contribution >= 0.6 is 11.3 Å². The molecule has 0 bridgehead atoms. The van der Waals surface area contributed by atoms with Crippen LogP contribution in [0.3, 0.4) is 0 Å². The number of aryl methyl sites for hydroxylation is 1. The molecule has 1 N–H and O–H groups in total. The maximum absolute atomic E-state index is 11.4. The van der Waals surface area contributed by atoms with Crippen molar-refractivity contribution in [1.82, 2.24) is 4.98 Å². The average Bonchev–Trinajstić information content (AvgIpc) is 2.74. The van der Waals surface area contributed by atoms with E-state index in [-0.39, 0.29) is 5.97 Å². The number of ether oxygens (including phenoxy) is 3. The van der Waals surface area contributed by atoms with Crippen molar-refractivity contribution in [2.75, 3.05) is 45.9 Å². The minimum atomic E-state index is -0.352. The van der Waals surface area contributed by atoms with Gasteiger partial charge in [0.25, 0.3) is 0 Å². The summed E-state index contributed by atoms with van der Waals surface area (Å²) in [6.45, 7) is 4.14. The molecule has 0 unspecified atom stereocenters. The van der Waals surface area contributed by atoms with Crippen LogP contribution in [0.2, 0.25) is 0 Å². The molecule has 0 atom stereocenters. The molecule has 0 fully saturated rings. The first kappa shape index (κ1) is 14.9. The zero-order chi connectivity index (χ0) is 13.4. The second-order valence-corrected chi connectivity index (χ2v) is 4.46. The molecule has 1 rings (SSSR count). The van der Waals surface area contributed by atoms with Gasteiger partial charge in [-0.1, -0.05) is 11.3 Å². The number of nitrogens with zero attached hydrogens (tertiary/aromatic N) is 1. The maximum Gasteiger partial charge on any atom is 0.350 e. The minimum absolute atomic E-state index is 0.352. The Morgan fingerprint density at radius 1 is 1.33 bits per heavy atom. The van der Waals surface area contributed by atoms with E-state index in [1.165, 1.54) is 18.4 Å². The Balaban J connectivity index is 2.33. The molecule has 1 aromatic rings. The topological polar surface area (TPSA) is 69.7 Å². The Labute approximate surface area is 110 Å². The van der Waals surface area contributed by atoms with Crippen molar-refractivity contribution in [1.29, 1.82) is 0 Å². The quantitative estimate of drug-likeness (QED) is 0.569. The lowest BCUT2D eigenvalue weighted by molar-refractivity contribution is 0.0605. The van der Waals surface area contributed by atoms with E-state index in [1.54, 1.807) is 14.0 Å². The Hall–Kier alpha value is -1.18. The maximum atomic E-state index is 11.4. The Kier molecular flexibility index (Phi) is 6.63. The lowest BCUT2D eigenvalue weighted by Gasteiger charge is -2.03. The first-order chi connectivity index (χ1) is 8.69. The minimum Gasteiger partial charge on any atom is -0.465 e. The van der Waals surface area contributed by atoms with Crippen LogP contribution in [0.4, 0.5) is 5.13 Å². The van der Waals surface area contributed by atoms with Crippen molar-refractivity contribution in [2.24, 2.45) is 0 Å². The van der Waals surface area contributed by atoms with Gasteiger partial charge in [0.15, 0.2) is 5.13 Å². The van der Waals surface area contributed by atoms with Gasteiger partial charge in [0, 0.05) is 13.7 Å². The van der Waals surface area contributed by atoms with Crippen LogP contribution in [0.15, 0.2) is 0 Å². The van der Waals surface area contributed by atoms with E-state index in [9.17, 15) is 4.79 Å². The van der Waals surface area contributed by atoms with E-state index in [2.05, 4.69) is 15.0 Å². The number of carbonyl (C=O) groups is 1. The third-order valence-electron chi connectivity index (χ3n) is 2.12. The highest BCUT2D eigenvalue weighted by atomic mass is 32.1. The normalized spacial score (nSPS) is 10.4. The van der Waals surface area contributed by atoms with Crippen LogP contribution in [-0.4, -0.2) is 51.5 Å². The molecule has 18 heavy (non-hydrogen) atoms. The van der Waals surface area contributed by atoms with Crippen molar-refractivity contribution in [3.8, 4) is 0 Å². The molecule has 0 aliphatic rings. The highest BCUT2D eigenvalue weighted by Gasteiger charge is 2.15. The highest BCUT2D eigenvalue weighted by Crippen LogP contribution is 2.22. The molecular formula is C11H18N2O4S. The van der Waals surface area contributed by atoms with Gasteiger partial charge in [-0.25, -0.2) is 9.78 Å². The van der Waals surface area contributed by atoms with Crippen molar-refractivity contribution in [3.63, 3.8) is 0 Å². The molecule has 1 heterocycles. The number of aromatic nitrogens is 1. The number of anilines is 1. The Morgan fingerprint density at radius 3 is 2.78 bits per heavy atom. The van der Waals surface area contributed by atoms with Crippen LogP contribution in [0.5, 0.6) is 0 Å². The number of hydrogen-bond donors (Lipinski definition) is 1. The summed E-state index contributed by atoms with van der Waals surface area (Å²) < 4.78 is 14.8. The molecule has 0 amide bonds. The molecule has 1 aromatic heterocycles. The molecule has 0 aliphatic carbocycles. The monoisotopic (exact) mass is 274 g/mol. The van der Waals surface area contributed by atoms with E-state index in [4.69, 9.17) is 9.47 Å². The molecule has 0 saturated carbocycles. The van der Waals surface area contributed by atoms with Crippen LogP contribution in [0.1, 0.15) is 15.4 Å². The number of thiazole rings is 1. The molecule has 0 aliphatic heterocycles. The summed E-state index contributed by atoms with van der Waals surface area (Å²) in [4.78, 5) is 16.1. The molecular weight excluding hydrogens is 256 g/mol. The van der Waals surface area contributed by atoms with Gasteiger partial charge in [-0.15, -0.1) is 0 Å². The molecule has 0 aromatic carbocycles. The fourth-order valence-corrected chi connectivity index (χ4v) is 2.14. The van der Waals surface area contributed by atoms with Crippen LogP contribution in [0.25, 0.3) is 0 Å². The van der Waals surface area contributed by atoms with Gasteiger partial charge in [-0.05, 0) is 6.92 Å².